The van der Waals surface area contributed by atoms with Gasteiger partial charge < -0.3 is 15.5 Å². The number of rotatable bonds is 6. The van der Waals surface area contributed by atoms with Gasteiger partial charge in [-0.1, -0.05) is 5.16 Å². The van der Waals surface area contributed by atoms with E-state index in [-0.39, 0.29) is 11.8 Å². The highest BCUT2D eigenvalue weighted by atomic mass is 16.6. The molecule has 2 fully saturated rings. The van der Waals surface area contributed by atoms with E-state index >= 15 is 0 Å². The van der Waals surface area contributed by atoms with Crippen molar-refractivity contribution in [2.45, 2.75) is 32.2 Å². The van der Waals surface area contributed by atoms with Crippen LogP contribution in [0.4, 0.5) is 5.95 Å². The Hall–Kier alpha value is -3.07. The van der Waals surface area contributed by atoms with Gasteiger partial charge in [0.1, 0.15) is 7.11 Å². The summed E-state index contributed by atoms with van der Waals surface area (Å²) in [5.74, 6) is 0.969. The standard InChI is InChI=1S/C23H31N7O2/c1-32-28-21(20-3-2-8-25-15-20)18-6-11-30(12-7-18)22(31)19-4-9-29(10-5-19)16-17-13-26-23(24)27-14-17/h2-3,8,13-15,18-19H,4-7,9-12,16H2,1H3,(H2,24,26,27)/b28-21-. The largest absolute Gasteiger partial charge is 0.399 e. The summed E-state index contributed by atoms with van der Waals surface area (Å²) in [6.07, 6.45) is 10.7. The topological polar surface area (TPSA) is 110 Å². The lowest BCUT2D eigenvalue weighted by Gasteiger charge is -2.37. The average Bonchev–Trinajstić information content (AvgIpc) is 2.85. The molecule has 0 atom stereocenters. The minimum Gasteiger partial charge on any atom is -0.399 e. The third-order valence-corrected chi connectivity index (χ3v) is 6.41. The van der Waals surface area contributed by atoms with Gasteiger partial charge in [-0.15, -0.1) is 0 Å². The van der Waals surface area contributed by atoms with Crippen LogP contribution in [0.25, 0.3) is 0 Å². The number of nitrogen functional groups attached to an aromatic ring is 1. The Labute approximate surface area is 188 Å². The van der Waals surface area contributed by atoms with Gasteiger partial charge in [0.05, 0.1) is 5.71 Å². The lowest BCUT2D eigenvalue weighted by Crippen LogP contribution is -2.46. The molecule has 0 aromatic carbocycles. The second kappa shape index (κ2) is 10.5. The summed E-state index contributed by atoms with van der Waals surface area (Å²) in [5.41, 5.74) is 8.52. The van der Waals surface area contributed by atoms with Crippen molar-refractivity contribution in [3.05, 3.63) is 48.0 Å². The maximum Gasteiger partial charge on any atom is 0.225 e. The summed E-state index contributed by atoms with van der Waals surface area (Å²) < 4.78 is 0. The third-order valence-electron chi connectivity index (χ3n) is 6.41. The Kier molecular flexibility index (Phi) is 7.26. The van der Waals surface area contributed by atoms with Crippen molar-refractivity contribution < 1.29 is 9.63 Å². The molecule has 2 aromatic rings. The van der Waals surface area contributed by atoms with Crippen LogP contribution in [0.1, 0.15) is 36.8 Å². The van der Waals surface area contributed by atoms with Gasteiger partial charge in [0.25, 0.3) is 0 Å². The first-order valence-corrected chi connectivity index (χ1v) is 11.2. The summed E-state index contributed by atoms with van der Waals surface area (Å²) in [7, 11) is 1.57. The average molecular weight is 438 g/mol. The first-order valence-electron chi connectivity index (χ1n) is 11.2. The van der Waals surface area contributed by atoms with Gasteiger partial charge in [-0.05, 0) is 50.9 Å². The number of pyridine rings is 1. The maximum absolute atomic E-state index is 13.1. The van der Waals surface area contributed by atoms with Gasteiger partial charge in [-0.3, -0.25) is 14.7 Å². The first-order chi connectivity index (χ1) is 15.6. The summed E-state index contributed by atoms with van der Waals surface area (Å²) in [6, 6.07) is 3.92. The Bertz CT molecular complexity index is 904. The van der Waals surface area contributed by atoms with E-state index in [1.54, 1.807) is 25.7 Å². The highest BCUT2D eigenvalue weighted by molar-refractivity contribution is 6.01. The molecule has 0 saturated carbocycles. The number of nitrogens with zero attached hydrogens (tertiary/aromatic N) is 6. The predicted octanol–water partition coefficient (Wildman–Crippen LogP) is 1.96. The molecule has 0 spiro atoms. The second-order valence-electron chi connectivity index (χ2n) is 8.50. The molecule has 2 N–H and O–H groups in total. The van der Waals surface area contributed by atoms with Gasteiger partial charge in [-0.2, -0.15) is 0 Å². The molecule has 9 nitrogen and oxygen atoms in total. The molecule has 2 saturated heterocycles. The Morgan fingerprint density at radius 2 is 1.78 bits per heavy atom. The molecular formula is C23H31N7O2. The molecule has 9 heteroatoms. The van der Waals surface area contributed by atoms with Crippen molar-refractivity contribution in [3.63, 3.8) is 0 Å². The number of likely N-dealkylation sites (tertiary alicyclic amines) is 2. The zero-order valence-electron chi connectivity index (χ0n) is 18.6. The van der Waals surface area contributed by atoms with Crippen molar-refractivity contribution >= 4 is 17.6 Å². The number of amides is 1. The van der Waals surface area contributed by atoms with Gasteiger partial charge in [-0.25, -0.2) is 9.97 Å². The van der Waals surface area contributed by atoms with Crippen LogP contribution in [0.5, 0.6) is 0 Å². The smallest absolute Gasteiger partial charge is 0.225 e. The van der Waals surface area contributed by atoms with E-state index < -0.39 is 0 Å². The molecule has 2 aromatic heterocycles. The van der Waals surface area contributed by atoms with Crippen LogP contribution in [-0.2, 0) is 16.2 Å². The molecular weight excluding hydrogens is 406 g/mol. The Morgan fingerprint density at radius 3 is 2.41 bits per heavy atom. The summed E-state index contributed by atoms with van der Waals surface area (Å²) in [4.78, 5) is 35.0. The van der Waals surface area contributed by atoms with Gasteiger partial charge in [0.15, 0.2) is 0 Å². The van der Waals surface area contributed by atoms with Crippen molar-refractivity contribution in [3.8, 4) is 0 Å². The number of hydrogen-bond donors (Lipinski definition) is 1. The van der Waals surface area contributed by atoms with Crippen LogP contribution in [0, 0.1) is 11.8 Å². The van der Waals surface area contributed by atoms with Crippen molar-refractivity contribution in [2.24, 2.45) is 17.0 Å². The number of piperidine rings is 2. The van der Waals surface area contributed by atoms with Gasteiger partial charge in [0, 0.05) is 67.4 Å². The van der Waals surface area contributed by atoms with Crippen LogP contribution in [0.3, 0.4) is 0 Å². The molecule has 32 heavy (non-hydrogen) atoms. The van der Waals surface area contributed by atoms with Crippen LogP contribution in [-0.4, -0.2) is 69.7 Å². The molecule has 4 heterocycles. The van der Waals surface area contributed by atoms with Crippen molar-refractivity contribution in [2.75, 3.05) is 39.0 Å². The van der Waals surface area contributed by atoms with E-state index in [9.17, 15) is 4.79 Å². The number of oxime groups is 1. The molecule has 1 amide bonds. The number of hydrogen-bond acceptors (Lipinski definition) is 8. The van der Waals surface area contributed by atoms with Crippen molar-refractivity contribution in [1.82, 2.24) is 24.8 Å². The summed E-state index contributed by atoms with van der Waals surface area (Å²) >= 11 is 0. The molecule has 0 unspecified atom stereocenters. The van der Waals surface area contributed by atoms with E-state index in [1.165, 1.54) is 0 Å². The normalized spacial score (nSPS) is 19.2. The van der Waals surface area contributed by atoms with Gasteiger partial charge in [0.2, 0.25) is 11.9 Å². The molecule has 4 rings (SSSR count). The van der Waals surface area contributed by atoms with E-state index in [0.29, 0.717) is 11.9 Å². The Morgan fingerprint density at radius 1 is 1.09 bits per heavy atom. The molecule has 170 valence electrons. The van der Waals surface area contributed by atoms with Crippen LogP contribution < -0.4 is 5.73 Å². The quantitative estimate of drug-likeness (QED) is 0.543. The fourth-order valence-electron chi connectivity index (χ4n) is 4.65. The van der Waals surface area contributed by atoms with Crippen LogP contribution in [0.15, 0.2) is 42.1 Å². The van der Waals surface area contributed by atoms with E-state index in [2.05, 4.69) is 25.0 Å². The number of carbonyl (C=O) groups is 1. The van der Waals surface area contributed by atoms with Crippen LogP contribution in [0.2, 0.25) is 0 Å². The van der Waals surface area contributed by atoms with Gasteiger partial charge >= 0.3 is 0 Å². The summed E-state index contributed by atoms with van der Waals surface area (Å²) in [5, 5.41) is 4.28. The second-order valence-corrected chi connectivity index (χ2v) is 8.50. The minimum atomic E-state index is 0.107. The SMILES string of the molecule is CO/N=C(\c1cccnc1)C1CCN(C(=O)C2CCN(Cc3cnc(N)nc3)CC2)CC1. The number of carbonyl (C=O) groups excluding carboxylic acids is 1. The van der Waals surface area contributed by atoms with E-state index in [0.717, 1.165) is 75.2 Å². The monoisotopic (exact) mass is 437 g/mol. The molecule has 0 radical (unpaired) electrons. The zero-order chi connectivity index (χ0) is 22.3. The lowest BCUT2D eigenvalue weighted by atomic mass is 9.87. The van der Waals surface area contributed by atoms with E-state index in [1.807, 2.05) is 23.2 Å². The lowest BCUT2D eigenvalue weighted by molar-refractivity contribution is -0.138. The number of nitrogens with two attached hydrogens (primary N) is 1. The van der Waals surface area contributed by atoms with Crippen molar-refractivity contribution in [1.29, 1.82) is 0 Å². The molecule has 0 bridgehead atoms. The summed E-state index contributed by atoms with van der Waals surface area (Å²) in [6.45, 7) is 4.12. The molecule has 2 aliphatic rings. The first kappa shape index (κ1) is 22.1. The molecule has 2 aliphatic heterocycles. The van der Waals surface area contributed by atoms with Crippen LogP contribution >= 0.6 is 0 Å². The Balaban J connectivity index is 1.26. The minimum absolute atomic E-state index is 0.107. The fourth-order valence-corrected chi connectivity index (χ4v) is 4.65. The third kappa shape index (κ3) is 5.40. The number of aromatic nitrogens is 3. The van der Waals surface area contributed by atoms with E-state index in [4.69, 9.17) is 10.6 Å². The highest BCUT2D eigenvalue weighted by Gasteiger charge is 2.32. The fraction of sp³-hybridized carbons (Fsp3) is 0.522. The number of anilines is 1. The predicted molar refractivity (Wildman–Crippen MR) is 122 cm³/mol. The molecule has 0 aliphatic carbocycles. The maximum atomic E-state index is 13.1. The zero-order valence-corrected chi connectivity index (χ0v) is 18.6. The highest BCUT2D eigenvalue weighted by Crippen LogP contribution is 2.26.